The van der Waals surface area contributed by atoms with Crippen molar-refractivity contribution in [2.75, 3.05) is 13.1 Å². The van der Waals surface area contributed by atoms with E-state index in [-0.39, 0.29) is 24.8 Å². The molecule has 6 heteroatoms. The minimum atomic E-state index is -1.08. The normalized spacial score (nSPS) is 9.60. The van der Waals surface area contributed by atoms with Gasteiger partial charge >= 0.3 is 12.0 Å². The monoisotopic (exact) mass is 275 g/mol. The van der Waals surface area contributed by atoms with Gasteiger partial charge in [0.1, 0.15) is 5.69 Å². The summed E-state index contributed by atoms with van der Waals surface area (Å²) >= 11 is 0. The van der Waals surface area contributed by atoms with Crippen LogP contribution in [0.1, 0.15) is 29.4 Å². The topological polar surface area (TPSA) is 82.5 Å². The summed E-state index contributed by atoms with van der Waals surface area (Å²) in [7, 11) is 0. The molecule has 20 heavy (non-hydrogen) atoms. The number of terminal acetylenes is 1. The molecule has 0 aliphatic rings. The second-order valence-corrected chi connectivity index (χ2v) is 4.14. The van der Waals surface area contributed by atoms with E-state index in [4.69, 9.17) is 11.5 Å². The fourth-order valence-electron chi connectivity index (χ4n) is 1.58. The first-order valence-corrected chi connectivity index (χ1v) is 6.23. The standard InChI is InChI=1S/C14H17N3O3/c1-3-7-17(8-4-2)14(20)16-10-11-5-6-12(13(18)19)15-9-11/h1,5-6,9H,4,7-8,10H2,2H3,(H,16,20)(H,18,19). The Labute approximate surface area is 117 Å². The van der Waals surface area contributed by atoms with Crippen molar-refractivity contribution in [1.29, 1.82) is 0 Å². The SMILES string of the molecule is C#CCN(CCC)C(=O)NCc1ccc(C(=O)O)nc1. The third-order valence-electron chi connectivity index (χ3n) is 2.55. The van der Waals surface area contributed by atoms with Crippen LogP contribution in [0, 0.1) is 12.3 Å². The van der Waals surface area contributed by atoms with Crippen molar-refractivity contribution in [1.82, 2.24) is 15.2 Å². The number of aromatic nitrogens is 1. The van der Waals surface area contributed by atoms with E-state index in [1.54, 1.807) is 11.0 Å². The lowest BCUT2D eigenvalue weighted by atomic mass is 10.2. The summed E-state index contributed by atoms with van der Waals surface area (Å²) in [5.74, 6) is 1.36. The molecule has 0 aliphatic heterocycles. The number of urea groups is 1. The predicted molar refractivity (Wildman–Crippen MR) is 74.1 cm³/mol. The van der Waals surface area contributed by atoms with E-state index in [2.05, 4.69) is 16.2 Å². The second-order valence-electron chi connectivity index (χ2n) is 4.14. The van der Waals surface area contributed by atoms with Crippen LogP contribution >= 0.6 is 0 Å². The molecule has 2 amide bonds. The molecule has 0 bridgehead atoms. The number of nitrogens with zero attached hydrogens (tertiary/aromatic N) is 2. The van der Waals surface area contributed by atoms with Gasteiger partial charge in [-0.15, -0.1) is 6.42 Å². The Kier molecular flexibility index (Phi) is 6.04. The van der Waals surface area contributed by atoms with Gasteiger partial charge < -0.3 is 15.3 Å². The molecule has 0 fully saturated rings. The van der Waals surface area contributed by atoms with Crippen molar-refractivity contribution in [2.24, 2.45) is 0 Å². The quantitative estimate of drug-likeness (QED) is 0.767. The average molecular weight is 275 g/mol. The molecule has 1 rings (SSSR count). The van der Waals surface area contributed by atoms with Crippen molar-refractivity contribution >= 4 is 12.0 Å². The molecule has 1 aromatic heterocycles. The lowest BCUT2D eigenvalue weighted by Crippen LogP contribution is -2.40. The molecule has 0 aliphatic carbocycles. The van der Waals surface area contributed by atoms with Crippen molar-refractivity contribution < 1.29 is 14.7 Å². The zero-order valence-electron chi connectivity index (χ0n) is 11.3. The van der Waals surface area contributed by atoms with Crippen molar-refractivity contribution in [2.45, 2.75) is 19.9 Å². The number of hydrogen-bond acceptors (Lipinski definition) is 3. The molecule has 6 nitrogen and oxygen atoms in total. The van der Waals surface area contributed by atoms with Crippen LogP contribution in [0.25, 0.3) is 0 Å². The average Bonchev–Trinajstić information content (AvgIpc) is 2.45. The summed E-state index contributed by atoms with van der Waals surface area (Å²) in [6, 6.07) is 2.77. The largest absolute Gasteiger partial charge is 0.477 e. The van der Waals surface area contributed by atoms with Gasteiger partial charge in [0.2, 0.25) is 0 Å². The highest BCUT2D eigenvalue weighted by Crippen LogP contribution is 2.01. The summed E-state index contributed by atoms with van der Waals surface area (Å²) in [5.41, 5.74) is 0.695. The number of carboxylic acid groups (broad SMARTS) is 1. The predicted octanol–water partition coefficient (Wildman–Crippen LogP) is 1.33. The van der Waals surface area contributed by atoms with Crippen LogP contribution < -0.4 is 5.32 Å². The molecule has 0 spiro atoms. The number of amides is 2. The number of carbonyl (C=O) groups excluding carboxylic acids is 1. The molecule has 106 valence electrons. The van der Waals surface area contributed by atoms with Gasteiger partial charge in [-0.2, -0.15) is 0 Å². The molecule has 0 atom stereocenters. The van der Waals surface area contributed by atoms with Gasteiger partial charge in [-0.1, -0.05) is 18.9 Å². The summed E-state index contributed by atoms with van der Waals surface area (Å²) < 4.78 is 0. The number of pyridine rings is 1. The van der Waals surface area contributed by atoms with Crippen LogP contribution in [0.3, 0.4) is 0 Å². The summed E-state index contributed by atoms with van der Waals surface area (Å²) in [6.07, 6.45) is 7.46. The first kappa shape index (κ1) is 15.5. The zero-order chi connectivity index (χ0) is 15.0. The first-order valence-electron chi connectivity index (χ1n) is 6.23. The van der Waals surface area contributed by atoms with Crippen molar-refractivity contribution in [3.05, 3.63) is 29.6 Å². The Hall–Kier alpha value is -2.55. The molecule has 1 heterocycles. The lowest BCUT2D eigenvalue weighted by Gasteiger charge is -2.19. The van der Waals surface area contributed by atoms with Gasteiger partial charge in [-0.25, -0.2) is 14.6 Å². The van der Waals surface area contributed by atoms with Crippen LogP contribution in [0.15, 0.2) is 18.3 Å². The molecule has 0 saturated heterocycles. The maximum Gasteiger partial charge on any atom is 0.354 e. The molecule has 0 radical (unpaired) electrons. The Bertz CT molecular complexity index is 505. The molecule has 0 saturated carbocycles. The van der Waals surface area contributed by atoms with Gasteiger partial charge in [0.15, 0.2) is 0 Å². The third kappa shape index (κ3) is 4.61. The fraction of sp³-hybridized carbons (Fsp3) is 0.357. The molecule has 0 aromatic carbocycles. The number of rotatable bonds is 6. The third-order valence-corrected chi connectivity index (χ3v) is 2.55. The van der Waals surface area contributed by atoms with Crippen LogP contribution in [-0.2, 0) is 6.54 Å². The number of hydrogen-bond donors (Lipinski definition) is 2. The summed E-state index contributed by atoms with van der Waals surface area (Å²) in [5, 5.41) is 11.4. The number of aromatic carboxylic acids is 1. The molecular formula is C14H17N3O3. The van der Waals surface area contributed by atoms with Gasteiger partial charge in [0.05, 0.1) is 6.54 Å². The Balaban J connectivity index is 2.55. The highest BCUT2D eigenvalue weighted by molar-refractivity contribution is 5.85. The van der Waals surface area contributed by atoms with Crippen LogP contribution in [-0.4, -0.2) is 40.1 Å². The lowest BCUT2D eigenvalue weighted by molar-refractivity contribution is 0.0690. The number of nitrogens with one attached hydrogen (secondary N) is 1. The molecular weight excluding hydrogens is 258 g/mol. The summed E-state index contributed by atoms with van der Waals surface area (Å²) in [6.45, 7) is 3.09. The Morgan fingerprint density at radius 2 is 2.25 bits per heavy atom. The van der Waals surface area contributed by atoms with E-state index in [1.165, 1.54) is 12.3 Å². The smallest absolute Gasteiger partial charge is 0.354 e. The molecule has 0 unspecified atom stereocenters. The van der Waals surface area contributed by atoms with Gasteiger partial charge in [-0.3, -0.25) is 0 Å². The first-order chi connectivity index (χ1) is 9.58. The van der Waals surface area contributed by atoms with Crippen LogP contribution in [0.5, 0.6) is 0 Å². The number of carboxylic acids is 1. The maximum absolute atomic E-state index is 11.9. The molecule has 2 N–H and O–H groups in total. The van der Waals surface area contributed by atoms with Gasteiger partial charge in [0, 0.05) is 19.3 Å². The zero-order valence-corrected chi connectivity index (χ0v) is 11.3. The maximum atomic E-state index is 11.9. The summed E-state index contributed by atoms with van der Waals surface area (Å²) in [4.78, 5) is 27.8. The van der Waals surface area contributed by atoms with Crippen LogP contribution in [0.2, 0.25) is 0 Å². The fourth-order valence-corrected chi connectivity index (χ4v) is 1.58. The van der Waals surface area contributed by atoms with E-state index >= 15 is 0 Å². The second kappa shape index (κ2) is 7.79. The minimum absolute atomic E-state index is 0.0278. The van der Waals surface area contributed by atoms with Crippen molar-refractivity contribution in [3.63, 3.8) is 0 Å². The van der Waals surface area contributed by atoms with Gasteiger partial charge in [-0.05, 0) is 18.1 Å². The van der Waals surface area contributed by atoms with Crippen molar-refractivity contribution in [3.8, 4) is 12.3 Å². The van der Waals surface area contributed by atoms with E-state index in [9.17, 15) is 9.59 Å². The van der Waals surface area contributed by atoms with E-state index < -0.39 is 5.97 Å². The highest BCUT2D eigenvalue weighted by Gasteiger charge is 2.11. The highest BCUT2D eigenvalue weighted by atomic mass is 16.4. The van der Waals surface area contributed by atoms with Crippen LogP contribution in [0.4, 0.5) is 4.79 Å². The molecule has 1 aromatic rings. The Morgan fingerprint density at radius 3 is 2.75 bits per heavy atom. The van der Waals surface area contributed by atoms with E-state index in [1.807, 2.05) is 6.92 Å². The van der Waals surface area contributed by atoms with Gasteiger partial charge in [0.25, 0.3) is 0 Å². The minimum Gasteiger partial charge on any atom is -0.477 e. The van der Waals surface area contributed by atoms with E-state index in [0.717, 1.165) is 12.0 Å². The number of carbonyl (C=O) groups is 2. The van der Waals surface area contributed by atoms with E-state index in [0.29, 0.717) is 6.54 Å². The Morgan fingerprint density at radius 1 is 1.50 bits per heavy atom.